The molecule has 1 fully saturated rings. The van der Waals surface area contributed by atoms with Crippen LogP contribution < -0.4 is 0 Å². The number of aromatic nitrogens is 4. The monoisotopic (exact) mass is 315 g/mol. The molecule has 1 aliphatic heterocycles. The number of carboxylic acid groups (broad SMARTS) is 1. The maximum atomic E-state index is 12.2. The van der Waals surface area contributed by atoms with Crippen LogP contribution in [-0.2, 0) is 16.1 Å². The van der Waals surface area contributed by atoms with Gasteiger partial charge in [0.2, 0.25) is 11.7 Å². The standard InChI is InChI=1S/C15H17N5O3/c1-10-2-4-11(5-3-10)14-16-18-20(17-14)9-13(21)19-7-6-12(8-19)15(22)23/h2-5,12H,6-9H2,1H3,(H,22,23)/t12-/m0/s1. The second kappa shape index (κ2) is 6.15. The van der Waals surface area contributed by atoms with Gasteiger partial charge in [-0.15, -0.1) is 10.2 Å². The number of benzene rings is 1. The highest BCUT2D eigenvalue weighted by Gasteiger charge is 2.31. The number of carbonyl (C=O) groups is 2. The van der Waals surface area contributed by atoms with Gasteiger partial charge in [-0.3, -0.25) is 9.59 Å². The van der Waals surface area contributed by atoms with E-state index in [0.29, 0.717) is 18.8 Å². The van der Waals surface area contributed by atoms with Crippen LogP contribution in [0.15, 0.2) is 24.3 Å². The number of tetrazole rings is 1. The fourth-order valence-corrected chi connectivity index (χ4v) is 2.54. The Morgan fingerprint density at radius 3 is 2.70 bits per heavy atom. The second-order valence-corrected chi connectivity index (χ2v) is 5.67. The minimum absolute atomic E-state index is 0.0365. The van der Waals surface area contributed by atoms with Crippen LogP contribution in [-0.4, -0.2) is 55.2 Å². The molecule has 0 aliphatic carbocycles. The minimum Gasteiger partial charge on any atom is -0.481 e. The van der Waals surface area contributed by atoms with Crippen molar-refractivity contribution in [1.82, 2.24) is 25.1 Å². The van der Waals surface area contributed by atoms with Crippen LogP contribution in [0.1, 0.15) is 12.0 Å². The third-order valence-electron chi connectivity index (χ3n) is 3.93. The summed E-state index contributed by atoms with van der Waals surface area (Å²) in [6, 6.07) is 7.71. The maximum absolute atomic E-state index is 12.2. The van der Waals surface area contributed by atoms with Crippen molar-refractivity contribution < 1.29 is 14.7 Å². The lowest BCUT2D eigenvalue weighted by molar-refractivity contribution is -0.141. The molecule has 0 radical (unpaired) electrons. The van der Waals surface area contributed by atoms with E-state index in [4.69, 9.17) is 5.11 Å². The fourth-order valence-electron chi connectivity index (χ4n) is 2.54. The van der Waals surface area contributed by atoms with E-state index in [-0.39, 0.29) is 19.0 Å². The van der Waals surface area contributed by atoms with Crippen molar-refractivity contribution >= 4 is 11.9 Å². The van der Waals surface area contributed by atoms with E-state index in [1.807, 2.05) is 31.2 Å². The van der Waals surface area contributed by atoms with Crippen molar-refractivity contribution in [2.75, 3.05) is 13.1 Å². The van der Waals surface area contributed by atoms with E-state index in [0.717, 1.165) is 11.1 Å². The van der Waals surface area contributed by atoms with E-state index < -0.39 is 11.9 Å². The first-order valence-electron chi connectivity index (χ1n) is 7.38. The lowest BCUT2D eigenvalue weighted by Crippen LogP contribution is -2.33. The number of carbonyl (C=O) groups excluding carboxylic acids is 1. The van der Waals surface area contributed by atoms with Crippen molar-refractivity contribution in [3.63, 3.8) is 0 Å². The third kappa shape index (κ3) is 3.36. The Hall–Kier alpha value is -2.77. The molecule has 1 atom stereocenters. The van der Waals surface area contributed by atoms with E-state index in [1.165, 1.54) is 9.70 Å². The average molecular weight is 315 g/mol. The molecule has 8 nitrogen and oxygen atoms in total. The van der Waals surface area contributed by atoms with Crippen LogP contribution in [0.5, 0.6) is 0 Å². The number of likely N-dealkylation sites (tertiary alicyclic amines) is 1. The van der Waals surface area contributed by atoms with Crippen molar-refractivity contribution in [2.24, 2.45) is 5.92 Å². The molecule has 1 aromatic heterocycles. The normalized spacial score (nSPS) is 17.4. The molecule has 3 rings (SSSR count). The summed E-state index contributed by atoms with van der Waals surface area (Å²) in [5.41, 5.74) is 1.97. The molecule has 2 heterocycles. The average Bonchev–Trinajstić information content (AvgIpc) is 3.17. The van der Waals surface area contributed by atoms with Gasteiger partial charge in [-0.05, 0) is 18.6 Å². The summed E-state index contributed by atoms with van der Waals surface area (Å²) in [6.45, 7) is 2.65. The lowest BCUT2D eigenvalue weighted by atomic mass is 10.1. The highest BCUT2D eigenvalue weighted by Crippen LogP contribution is 2.17. The number of hydrogen-bond acceptors (Lipinski definition) is 5. The Balaban J connectivity index is 1.64. The van der Waals surface area contributed by atoms with Crippen molar-refractivity contribution in [3.05, 3.63) is 29.8 Å². The largest absolute Gasteiger partial charge is 0.481 e. The van der Waals surface area contributed by atoms with Gasteiger partial charge in [-0.1, -0.05) is 29.8 Å². The first kappa shape index (κ1) is 15.1. The van der Waals surface area contributed by atoms with Crippen LogP contribution in [0.2, 0.25) is 0 Å². The molecule has 120 valence electrons. The number of carboxylic acids is 1. The molecule has 2 aromatic rings. The Morgan fingerprint density at radius 2 is 2.04 bits per heavy atom. The Bertz CT molecular complexity index is 725. The third-order valence-corrected chi connectivity index (χ3v) is 3.93. The molecule has 1 amide bonds. The zero-order valence-electron chi connectivity index (χ0n) is 12.7. The zero-order chi connectivity index (χ0) is 16.4. The number of amides is 1. The topological polar surface area (TPSA) is 101 Å². The van der Waals surface area contributed by atoms with Crippen LogP contribution in [0.4, 0.5) is 0 Å². The summed E-state index contributed by atoms with van der Waals surface area (Å²) < 4.78 is 0. The maximum Gasteiger partial charge on any atom is 0.308 e. The summed E-state index contributed by atoms with van der Waals surface area (Å²) in [6.07, 6.45) is 0.487. The van der Waals surface area contributed by atoms with Crippen LogP contribution >= 0.6 is 0 Å². The van der Waals surface area contributed by atoms with Crippen LogP contribution in [0, 0.1) is 12.8 Å². The molecule has 1 aromatic carbocycles. The van der Waals surface area contributed by atoms with Gasteiger partial charge in [0.1, 0.15) is 6.54 Å². The van der Waals surface area contributed by atoms with Gasteiger partial charge in [0.25, 0.3) is 0 Å². The quantitative estimate of drug-likeness (QED) is 0.885. The summed E-state index contributed by atoms with van der Waals surface area (Å²) >= 11 is 0. The summed E-state index contributed by atoms with van der Waals surface area (Å²) in [4.78, 5) is 25.9. The van der Waals surface area contributed by atoms with E-state index in [2.05, 4.69) is 15.4 Å². The molecule has 8 heteroatoms. The predicted octanol–water partition coefficient (Wildman–Crippen LogP) is 0.582. The fraction of sp³-hybridized carbons (Fsp3) is 0.400. The smallest absolute Gasteiger partial charge is 0.308 e. The van der Waals surface area contributed by atoms with Crippen molar-refractivity contribution in [3.8, 4) is 11.4 Å². The molecule has 1 saturated heterocycles. The van der Waals surface area contributed by atoms with Gasteiger partial charge in [-0.2, -0.15) is 4.80 Å². The van der Waals surface area contributed by atoms with Crippen molar-refractivity contribution in [2.45, 2.75) is 19.9 Å². The van der Waals surface area contributed by atoms with Gasteiger partial charge in [0.15, 0.2) is 0 Å². The lowest BCUT2D eigenvalue weighted by Gasteiger charge is -2.14. The Labute approximate surface area is 132 Å². The predicted molar refractivity (Wildman–Crippen MR) is 80.3 cm³/mol. The van der Waals surface area contributed by atoms with Crippen molar-refractivity contribution in [1.29, 1.82) is 0 Å². The molecule has 0 saturated carbocycles. The Morgan fingerprint density at radius 1 is 1.30 bits per heavy atom. The van der Waals surface area contributed by atoms with Crippen LogP contribution in [0.3, 0.4) is 0 Å². The first-order chi connectivity index (χ1) is 11.0. The first-order valence-corrected chi connectivity index (χ1v) is 7.38. The molecule has 0 spiro atoms. The molecule has 1 N–H and O–H groups in total. The van der Waals surface area contributed by atoms with Gasteiger partial charge < -0.3 is 10.0 Å². The minimum atomic E-state index is -0.860. The number of hydrogen-bond donors (Lipinski definition) is 1. The zero-order valence-corrected chi connectivity index (χ0v) is 12.7. The molecular weight excluding hydrogens is 298 g/mol. The number of nitrogens with zero attached hydrogens (tertiary/aromatic N) is 5. The Kier molecular flexibility index (Phi) is 4.05. The van der Waals surface area contributed by atoms with Gasteiger partial charge in [-0.25, -0.2) is 0 Å². The van der Waals surface area contributed by atoms with Gasteiger partial charge >= 0.3 is 5.97 Å². The highest BCUT2D eigenvalue weighted by molar-refractivity contribution is 5.78. The molecule has 0 bridgehead atoms. The number of aliphatic carboxylic acids is 1. The SMILES string of the molecule is Cc1ccc(-c2nnn(CC(=O)N3CC[C@H](C(=O)O)C3)n2)cc1. The number of rotatable bonds is 4. The summed E-state index contributed by atoms with van der Waals surface area (Å²) in [7, 11) is 0. The number of aryl methyl sites for hydroxylation is 1. The summed E-state index contributed by atoms with van der Waals surface area (Å²) in [5.74, 6) is -1.07. The molecule has 1 aliphatic rings. The van der Waals surface area contributed by atoms with Gasteiger partial charge in [0, 0.05) is 18.7 Å². The van der Waals surface area contributed by atoms with E-state index >= 15 is 0 Å². The van der Waals surface area contributed by atoms with E-state index in [9.17, 15) is 9.59 Å². The summed E-state index contributed by atoms with van der Waals surface area (Å²) in [5, 5.41) is 21.0. The van der Waals surface area contributed by atoms with Crippen LogP contribution in [0.25, 0.3) is 11.4 Å². The highest BCUT2D eigenvalue weighted by atomic mass is 16.4. The molecule has 0 unspecified atom stereocenters. The van der Waals surface area contributed by atoms with Gasteiger partial charge in [0.05, 0.1) is 5.92 Å². The molecular formula is C15H17N5O3. The molecule has 23 heavy (non-hydrogen) atoms. The second-order valence-electron chi connectivity index (χ2n) is 5.67. The van der Waals surface area contributed by atoms with E-state index in [1.54, 1.807) is 0 Å².